The van der Waals surface area contributed by atoms with Gasteiger partial charge in [-0.15, -0.1) is 0 Å². The zero-order chi connectivity index (χ0) is 9.53. The number of aliphatic hydroxyl groups is 1. The van der Waals surface area contributed by atoms with Crippen molar-refractivity contribution in [3.8, 4) is 0 Å². The standard InChI is InChI=1S/C10H14N2O/c1-9(2)5-10(9,6-13)8-3-11-7-12-4-8/h3-4,7,13H,5-6H2,1-2H3. The highest BCUT2D eigenvalue weighted by atomic mass is 16.3. The van der Waals surface area contributed by atoms with E-state index in [1.807, 2.05) is 0 Å². The van der Waals surface area contributed by atoms with E-state index in [0.717, 1.165) is 12.0 Å². The number of aromatic nitrogens is 2. The molecule has 1 saturated carbocycles. The Labute approximate surface area is 77.8 Å². The molecular weight excluding hydrogens is 164 g/mol. The molecule has 1 aliphatic carbocycles. The van der Waals surface area contributed by atoms with Gasteiger partial charge in [0.15, 0.2) is 0 Å². The molecule has 0 spiro atoms. The molecule has 70 valence electrons. The largest absolute Gasteiger partial charge is 0.395 e. The summed E-state index contributed by atoms with van der Waals surface area (Å²) in [7, 11) is 0. The van der Waals surface area contributed by atoms with Crippen LogP contribution in [0.3, 0.4) is 0 Å². The molecule has 13 heavy (non-hydrogen) atoms. The lowest BCUT2D eigenvalue weighted by Crippen LogP contribution is -2.19. The van der Waals surface area contributed by atoms with Crippen LogP contribution in [0.4, 0.5) is 0 Å². The van der Waals surface area contributed by atoms with Crippen LogP contribution in [-0.2, 0) is 5.41 Å². The molecule has 1 aromatic rings. The van der Waals surface area contributed by atoms with Crippen LogP contribution in [0, 0.1) is 5.41 Å². The second-order valence-corrected chi connectivity index (χ2v) is 4.43. The van der Waals surface area contributed by atoms with Gasteiger partial charge in [0.1, 0.15) is 6.33 Å². The van der Waals surface area contributed by atoms with Crippen LogP contribution in [0.15, 0.2) is 18.7 Å². The quantitative estimate of drug-likeness (QED) is 0.738. The van der Waals surface area contributed by atoms with Gasteiger partial charge in [0.2, 0.25) is 0 Å². The Morgan fingerprint density at radius 1 is 1.38 bits per heavy atom. The van der Waals surface area contributed by atoms with Crippen LogP contribution in [0.25, 0.3) is 0 Å². The molecule has 0 aromatic carbocycles. The van der Waals surface area contributed by atoms with E-state index >= 15 is 0 Å². The molecule has 1 aliphatic rings. The lowest BCUT2D eigenvalue weighted by molar-refractivity contribution is 0.231. The van der Waals surface area contributed by atoms with E-state index in [9.17, 15) is 5.11 Å². The molecule has 0 radical (unpaired) electrons. The first-order valence-corrected chi connectivity index (χ1v) is 4.49. The van der Waals surface area contributed by atoms with Crippen molar-refractivity contribution in [2.75, 3.05) is 6.61 Å². The summed E-state index contributed by atoms with van der Waals surface area (Å²) >= 11 is 0. The Morgan fingerprint density at radius 3 is 2.31 bits per heavy atom. The van der Waals surface area contributed by atoms with Crippen LogP contribution in [0.2, 0.25) is 0 Å². The number of nitrogens with zero attached hydrogens (tertiary/aromatic N) is 2. The lowest BCUT2D eigenvalue weighted by atomic mass is 9.91. The van der Waals surface area contributed by atoms with Gasteiger partial charge in [-0.05, 0) is 17.4 Å². The van der Waals surface area contributed by atoms with Crippen LogP contribution in [-0.4, -0.2) is 21.7 Å². The Morgan fingerprint density at radius 2 is 1.92 bits per heavy atom. The Kier molecular flexibility index (Phi) is 1.67. The number of hydrogen-bond acceptors (Lipinski definition) is 3. The molecule has 1 unspecified atom stereocenters. The smallest absolute Gasteiger partial charge is 0.115 e. The van der Waals surface area contributed by atoms with Crippen molar-refractivity contribution in [2.45, 2.75) is 25.7 Å². The fraction of sp³-hybridized carbons (Fsp3) is 0.600. The van der Waals surface area contributed by atoms with Crippen molar-refractivity contribution < 1.29 is 5.11 Å². The minimum Gasteiger partial charge on any atom is -0.395 e. The third kappa shape index (κ3) is 1.07. The fourth-order valence-electron chi connectivity index (χ4n) is 2.11. The molecule has 1 N–H and O–H groups in total. The van der Waals surface area contributed by atoms with Crippen LogP contribution in [0.5, 0.6) is 0 Å². The molecule has 0 bridgehead atoms. The first-order chi connectivity index (χ1) is 6.12. The fourth-order valence-corrected chi connectivity index (χ4v) is 2.11. The zero-order valence-electron chi connectivity index (χ0n) is 7.99. The van der Waals surface area contributed by atoms with Crippen molar-refractivity contribution in [3.63, 3.8) is 0 Å². The highest BCUT2D eigenvalue weighted by molar-refractivity contribution is 5.33. The van der Waals surface area contributed by atoms with E-state index in [1.54, 1.807) is 12.4 Å². The molecule has 0 amide bonds. The normalized spacial score (nSPS) is 30.1. The SMILES string of the molecule is CC1(C)CC1(CO)c1cncnc1. The third-order valence-corrected chi connectivity index (χ3v) is 3.30. The maximum atomic E-state index is 9.39. The van der Waals surface area contributed by atoms with E-state index in [-0.39, 0.29) is 17.4 Å². The summed E-state index contributed by atoms with van der Waals surface area (Å²) in [6.07, 6.45) is 6.14. The zero-order valence-corrected chi connectivity index (χ0v) is 7.99. The summed E-state index contributed by atoms with van der Waals surface area (Å²) in [4.78, 5) is 7.96. The highest BCUT2D eigenvalue weighted by Crippen LogP contribution is 2.63. The molecule has 1 fully saturated rings. The van der Waals surface area contributed by atoms with Crippen LogP contribution < -0.4 is 0 Å². The summed E-state index contributed by atoms with van der Waals surface area (Å²) in [5.74, 6) is 0. The first-order valence-electron chi connectivity index (χ1n) is 4.49. The van der Waals surface area contributed by atoms with Crippen molar-refractivity contribution in [2.24, 2.45) is 5.41 Å². The number of aliphatic hydroxyl groups excluding tert-OH is 1. The van der Waals surface area contributed by atoms with Gasteiger partial charge in [-0.2, -0.15) is 0 Å². The average molecular weight is 178 g/mol. The minimum absolute atomic E-state index is 0.0890. The van der Waals surface area contributed by atoms with E-state index < -0.39 is 0 Å². The molecular formula is C10H14N2O. The molecule has 3 heteroatoms. The van der Waals surface area contributed by atoms with E-state index in [1.165, 1.54) is 6.33 Å². The summed E-state index contributed by atoms with van der Waals surface area (Å²) in [6, 6.07) is 0. The minimum atomic E-state index is -0.0890. The molecule has 2 rings (SSSR count). The van der Waals surface area contributed by atoms with Gasteiger partial charge < -0.3 is 5.11 Å². The maximum absolute atomic E-state index is 9.39. The second-order valence-electron chi connectivity index (χ2n) is 4.43. The summed E-state index contributed by atoms with van der Waals surface area (Å²) < 4.78 is 0. The Balaban J connectivity index is 2.37. The average Bonchev–Trinajstić information content (AvgIpc) is 2.72. The van der Waals surface area contributed by atoms with E-state index in [2.05, 4.69) is 23.8 Å². The van der Waals surface area contributed by atoms with Gasteiger partial charge in [-0.3, -0.25) is 0 Å². The van der Waals surface area contributed by atoms with Gasteiger partial charge in [0, 0.05) is 17.8 Å². The second kappa shape index (κ2) is 2.51. The highest BCUT2D eigenvalue weighted by Gasteiger charge is 2.61. The molecule has 1 atom stereocenters. The Bertz CT molecular complexity index is 310. The van der Waals surface area contributed by atoms with E-state index in [4.69, 9.17) is 0 Å². The van der Waals surface area contributed by atoms with Gasteiger partial charge in [-0.1, -0.05) is 13.8 Å². The third-order valence-electron chi connectivity index (χ3n) is 3.30. The molecule has 1 aromatic heterocycles. The summed E-state index contributed by atoms with van der Waals surface area (Å²) in [5, 5.41) is 9.39. The van der Waals surface area contributed by atoms with Crippen molar-refractivity contribution in [1.29, 1.82) is 0 Å². The predicted molar refractivity (Wildman–Crippen MR) is 49.2 cm³/mol. The molecule has 0 aliphatic heterocycles. The predicted octanol–water partition coefficient (Wildman–Crippen LogP) is 1.14. The van der Waals surface area contributed by atoms with E-state index in [0.29, 0.717) is 0 Å². The lowest BCUT2D eigenvalue weighted by Gasteiger charge is -2.16. The summed E-state index contributed by atoms with van der Waals surface area (Å²) in [5.41, 5.74) is 1.16. The molecule has 0 saturated heterocycles. The van der Waals surface area contributed by atoms with Crippen molar-refractivity contribution in [3.05, 3.63) is 24.3 Å². The van der Waals surface area contributed by atoms with Crippen molar-refractivity contribution >= 4 is 0 Å². The van der Waals surface area contributed by atoms with Crippen molar-refractivity contribution in [1.82, 2.24) is 9.97 Å². The van der Waals surface area contributed by atoms with Gasteiger partial charge in [0.05, 0.1) is 6.61 Å². The maximum Gasteiger partial charge on any atom is 0.115 e. The van der Waals surface area contributed by atoms with Gasteiger partial charge in [-0.25, -0.2) is 9.97 Å². The number of hydrogen-bond donors (Lipinski definition) is 1. The van der Waals surface area contributed by atoms with Gasteiger partial charge >= 0.3 is 0 Å². The van der Waals surface area contributed by atoms with Gasteiger partial charge in [0.25, 0.3) is 0 Å². The summed E-state index contributed by atoms with van der Waals surface area (Å²) in [6.45, 7) is 4.51. The van der Waals surface area contributed by atoms with Crippen LogP contribution >= 0.6 is 0 Å². The Hall–Kier alpha value is -0.960. The topological polar surface area (TPSA) is 46.0 Å². The number of rotatable bonds is 2. The first kappa shape index (κ1) is 8.63. The molecule has 3 nitrogen and oxygen atoms in total. The monoisotopic (exact) mass is 178 g/mol. The van der Waals surface area contributed by atoms with Crippen LogP contribution in [0.1, 0.15) is 25.8 Å². The molecule has 1 heterocycles.